The number of nitrogens with zero attached hydrogens (tertiary/aromatic N) is 6. The summed E-state index contributed by atoms with van der Waals surface area (Å²) < 4.78 is 0. The van der Waals surface area contributed by atoms with Gasteiger partial charge < -0.3 is 24.7 Å². The summed E-state index contributed by atoms with van der Waals surface area (Å²) in [5, 5.41) is 0. The molecule has 10 nitrogen and oxygen atoms in total. The standard InChI is InChI=1S/C47H50N8O2/c1-52(2)43(36-11-4-3-5-12-36)47(57)55-28-10-16-42(55)45-49-31-40(51-45)35-23-19-33(20-24-35)32-17-21-34(22-18-32)39-30-48-44(50-39)41-15-9-27-54(41)46(56)37-13-8-14-38(29-37)53-25-6-7-26-53/h3-5,8,11-14,17-24,29-31,41-43H,6-7,9-10,15-16,25-28H2,1-2H3,(H,48,50)(H,49,51)/t41-,42-,43+/m0/s1. The molecule has 0 saturated carbocycles. The molecule has 10 heteroatoms. The fourth-order valence-electron chi connectivity index (χ4n) is 9.03. The molecule has 3 saturated heterocycles. The molecule has 4 aromatic carbocycles. The molecular weight excluding hydrogens is 709 g/mol. The number of hydrogen-bond donors (Lipinski definition) is 2. The first-order valence-corrected chi connectivity index (χ1v) is 20.4. The molecule has 0 radical (unpaired) electrons. The first-order chi connectivity index (χ1) is 27.9. The SMILES string of the molecule is CN(C)[C@@H](C(=O)N1CCC[C@H]1c1ncc(-c2ccc(-c3ccc(-c4cnc([C@@H]5CCCN5C(=O)c5cccc(N6CCCC6)c5)[nH]4)cc3)cc2)[nH]1)c1ccccc1. The maximum absolute atomic E-state index is 13.9. The third-order valence-electron chi connectivity index (χ3n) is 12.0. The van der Waals surface area contributed by atoms with Crippen molar-refractivity contribution >= 4 is 17.5 Å². The summed E-state index contributed by atoms with van der Waals surface area (Å²) in [5.41, 5.74) is 9.10. The van der Waals surface area contributed by atoms with Crippen molar-refractivity contribution in [3.05, 3.63) is 138 Å². The lowest BCUT2D eigenvalue weighted by atomic mass is 10.0. The molecular formula is C47H50N8O2. The van der Waals surface area contributed by atoms with E-state index in [4.69, 9.17) is 9.97 Å². The van der Waals surface area contributed by atoms with Gasteiger partial charge in [-0.25, -0.2) is 9.97 Å². The van der Waals surface area contributed by atoms with Crippen LogP contribution in [0, 0.1) is 0 Å². The van der Waals surface area contributed by atoms with Crippen LogP contribution in [0.5, 0.6) is 0 Å². The molecule has 3 atom stereocenters. The van der Waals surface area contributed by atoms with Gasteiger partial charge in [0.25, 0.3) is 5.91 Å². The highest BCUT2D eigenvalue weighted by atomic mass is 16.2. The minimum Gasteiger partial charge on any atom is -0.372 e. The Labute approximate surface area is 334 Å². The third kappa shape index (κ3) is 7.37. The average Bonchev–Trinajstić information content (AvgIpc) is 4.10. The monoisotopic (exact) mass is 758 g/mol. The summed E-state index contributed by atoms with van der Waals surface area (Å²) in [6.45, 7) is 3.56. The summed E-state index contributed by atoms with van der Waals surface area (Å²) in [4.78, 5) is 52.7. The van der Waals surface area contributed by atoms with Gasteiger partial charge in [-0.1, -0.05) is 84.9 Å². The third-order valence-corrected chi connectivity index (χ3v) is 12.0. The second-order valence-electron chi connectivity index (χ2n) is 15.9. The fourth-order valence-corrected chi connectivity index (χ4v) is 9.03. The van der Waals surface area contributed by atoms with E-state index in [1.54, 1.807) is 0 Å². The number of nitrogens with one attached hydrogen (secondary N) is 2. The van der Waals surface area contributed by atoms with Gasteiger partial charge >= 0.3 is 0 Å². The van der Waals surface area contributed by atoms with Gasteiger partial charge in [-0.3, -0.25) is 14.5 Å². The number of aromatic amines is 2. The van der Waals surface area contributed by atoms with E-state index >= 15 is 0 Å². The van der Waals surface area contributed by atoms with Crippen molar-refractivity contribution in [3.8, 4) is 33.6 Å². The summed E-state index contributed by atoms with van der Waals surface area (Å²) in [7, 11) is 3.92. The van der Waals surface area contributed by atoms with Crippen LogP contribution in [0.2, 0.25) is 0 Å². The second-order valence-corrected chi connectivity index (χ2v) is 15.9. The zero-order chi connectivity index (χ0) is 38.9. The molecule has 0 aliphatic carbocycles. The van der Waals surface area contributed by atoms with Crippen LogP contribution in [0.25, 0.3) is 33.6 Å². The molecule has 0 bridgehead atoms. The molecule has 57 heavy (non-hydrogen) atoms. The van der Waals surface area contributed by atoms with Crippen LogP contribution >= 0.6 is 0 Å². The van der Waals surface area contributed by atoms with Crippen LogP contribution in [0.1, 0.15) is 84.2 Å². The lowest BCUT2D eigenvalue weighted by Crippen LogP contribution is -2.40. The number of likely N-dealkylation sites (tertiary alicyclic amines) is 2. The van der Waals surface area contributed by atoms with E-state index in [0.717, 1.165) is 114 Å². The molecule has 5 heterocycles. The smallest absolute Gasteiger partial charge is 0.254 e. The van der Waals surface area contributed by atoms with Crippen molar-refractivity contribution in [1.82, 2.24) is 34.6 Å². The van der Waals surface area contributed by atoms with Gasteiger partial charge in [0.05, 0.1) is 35.9 Å². The number of hydrogen-bond acceptors (Lipinski definition) is 6. The lowest BCUT2D eigenvalue weighted by Gasteiger charge is -2.31. The van der Waals surface area contributed by atoms with Crippen LogP contribution in [0.15, 0.2) is 116 Å². The summed E-state index contributed by atoms with van der Waals surface area (Å²) in [5.74, 6) is 1.85. The van der Waals surface area contributed by atoms with E-state index in [-0.39, 0.29) is 29.9 Å². The Bertz CT molecular complexity index is 2330. The number of carbonyl (C=O) groups excluding carboxylic acids is 2. The van der Waals surface area contributed by atoms with Crippen molar-refractivity contribution in [1.29, 1.82) is 0 Å². The average molecular weight is 759 g/mol. The number of rotatable bonds is 10. The van der Waals surface area contributed by atoms with E-state index in [1.165, 1.54) is 12.8 Å². The molecule has 2 aromatic heterocycles. The minimum atomic E-state index is -0.340. The normalized spacial score (nSPS) is 18.8. The van der Waals surface area contributed by atoms with Gasteiger partial charge in [0.15, 0.2) is 0 Å². The Hall–Kier alpha value is -6.00. The highest BCUT2D eigenvalue weighted by Crippen LogP contribution is 2.37. The van der Waals surface area contributed by atoms with Crippen LogP contribution < -0.4 is 4.90 Å². The lowest BCUT2D eigenvalue weighted by molar-refractivity contribution is -0.137. The van der Waals surface area contributed by atoms with E-state index in [9.17, 15) is 9.59 Å². The van der Waals surface area contributed by atoms with Crippen LogP contribution in [0.4, 0.5) is 5.69 Å². The van der Waals surface area contributed by atoms with Gasteiger partial charge in [-0.05, 0) is 98.6 Å². The van der Waals surface area contributed by atoms with Crippen LogP contribution in [-0.4, -0.2) is 86.7 Å². The van der Waals surface area contributed by atoms with E-state index in [1.807, 2.05) is 83.7 Å². The van der Waals surface area contributed by atoms with E-state index < -0.39 is 0 Å². The zero-order valence-corrected chi connectivity index (χ0v) is 32.8. The highest BCUT2D eigenvalue weighted by molar-refractivity contribution is 5.95. The largest absolute Gasteiger partial charge is 0.372 e. The van der Waals surface area contributed by atoms with E-state index in [0.29, 0.717) is 0 Å². The Morgan fingerprint density at radius 1 is 0.632 bits per heavy atom. The number of imidazole rings is 2. The van der Waals surface area contributed by atoms with Crippen LogP contribution in [0.3, 0.4) is 0 Å². The number of amides is 2. The molecule has 2 amide bonds. The van der Waals surface area contributed by atoms with Crippen molar-refractivity contribution in [2.45, 2.75) is 56.7 Å². The van der Waals surface area contributed by atoms with Gasteiger partial charge in [0.2, 0.25) is 5.91 Å². The number of benzene rings is 4. The van der Waals surface area contributed by atoms with E-state index in [2.05, 4.69) is 75.5 Å². The molecule has 3 aliphatic rings. The van der Waals surface area contributed by atoms with Crippen molar-refractivity contribution in [2.24, 2.45) is 0 Å². The Balaban J connectivity index is 0.853. The predicted molar refractivity (Wildman–Crippen MR) is 224 cm³/mol. The molecule has 3 fully saturated rings. The number of likely N-dealkylation sites (N-methyl/N-ethyl adjacent to an activating group) is 1. The van der Waals surface area contributed by atoms with Crippen molar-refractivity contribution < 1.29 is 9.59 Å². The fraction of sp³-hybridized carbons (Fsp3) is 0.319. The molecule has 3 aliphatic heterocycles. The molecule has 0 spiro atoms. The molecule has 9 rings (SSSR count). The maximum atomic E-state index is 13.9. The minimum absolute atomic E-state index is 0.0694. The van der Waals surface area contributed by atoms with Crippen molar-refractivity contribution in [2.75, 3.05) is 45.2 Å². The molecule has 0 unspecified atom stereocenters. The van der Waals surface area contributed by atoms with Gasteiger partial charge in [0, 0.05) is 37.4 Å². The predicted octanol–water partition coefficient (Wildman–Crippen LogP) is 8.68. The van der Waals surface area contributed by atoms with Gasteiger partial charge in [-0.15, -0.1) is 0 Å². The van der Waals surface area contributed by atoms with Gasteiger partial charge in [0.1, 0.15) is 17.7 Å². The highest BCUT2D eigenvalue weighted by Gasteiger charge is 2.37. The van der Waals surface area contributed by atoms with Crippen molar-refractivity contribution in [3.63, 3.8) is 0 Å². The molecule has 6 aromatic rings. The number of aromatic nitrogens is 4. The first kappa shape index (κ1) is 36.6. The summed E-state index contributed by atoms with van der Waals surface area (Å²) >= 11 is 0. The topological polar surface area (TPSA) is 104 Å². The Morgan fingerprint density at radius 3 is 1.75 bits per heavy atom. The summed E-state index contributed by atoms with van der Waals surface area (Å²) in [6, 6.07) is 34.7. The molecule has 290 valence electrons. The maximum Gasteiger partial charge on any atom is 0.254 e. The quantitative estimate of drug-likeness (QED) is 0.145. The summed E-state index contributed by atoms with van der Waals surface area (Å²) in [6.07, 6.45) is 9.86. The second kappa shape index (κ2) is 15.9. The first-order valence-electron chi connectivity index (χ1n) is 20.4. The Morgan fingerprint density at radius 2 is 1.18 bits per heavy atom. The Kier molecular flexibility index (Phi) is 10.2. The zero-order valence-electron chi connectivity index (χ0n) is 32.8. The number of anilines is 1. The van der Waals surface area contributed by atoms with Crippen LogP contribution in [-0.2, 0) is 4.79 Å². The number of carbonyl (C=O) groups is 2. The molecule has 2 N–H and O–H groups in total. The number of H-pyrrole nitrogens is 2. The van der Waals surface area contributed by atoms with Gasteiger partial charge in [-0.2, -0.15) is 0 Å².